The van der Waals surface area contributed by atoms with Crippen LogP contribution in [0.5, 0.6) is 0 Å². The highest BCUT2D eigenvalue weighted by Crippen LogP contribution is 2.10. The Morgan fingerprint density at radius 2 is 1.62 bits per heavy atom. The number of hydrogen-bond acceptors (Lipinski definition) is 4. The van der Waals surface area contributed by atoms with Crippen molar-refractivity contribution in [3.63, 3.8) is 0 Å². The lowest BCUT2D eigenvalue weighted by Gasteiger charge is -2.07. The third-order valence-electron chi connectivity index (χ3n) is 3.63. The zero-order valence-corrected chi connectivity index (χ0v) is 14.5. The minimum Gasteiger partial charge on any atom is -0.467 e. The van der Waals surface area contributed by atoms with Crippen molar-refractivity contribution in [3.05, 3.63) is 88.6 Å². The molecule has 2 amide bonds. The van der Waals surface area contributed by atoms with Crippen LogP contribution in [0.25, 0.3) is 0 Å². The average molecular weight is 370 g/mol. The summed E-state index contributed by atoms with van der Waals surface area (Å²) in [6.07, 6.45) is 4.36. The summed E-state index contributed by atoms with van der Waals surface area (Å²) >= 11 is 5.84. The van der Waals surface area contributed by atoms with Gasteiger partial charge in [0.2, 0.25) is 0 Å². The highest BCUT2D eigenvalue weighted by molar-refractivity contribution is 6.30. The Balaban J connectivity index is 1.59. The maximum atomic E-state index is 12.3. The topological polar surface area (TPSA) is 84.2 Å². The number of halogens is 1. The highest BCUT2D eigenvalue weighted by Gasteiger charge is 2.11. The van der Waals surface area contributed by atoms with E-state index in [-0.39, 0.29) is 18.4 Å². The molecule has 1 aromatic carbocycles. The van der Waals surface area contributed by atoms with Crippen molar-refractivity contribution in [2.75, 3.05) is 0 Å². The van der Waals surface area contributed by atoms with Crippen molar-refractivity contribution >= 4 is 23.4 Å². The molecule has 0 radical (unpaired) electrons. The number of rotatable bonds is 6. The molecule has 2 N–H and O–H groups in total. The standard InChI is InChI=1S/C19H16ClN3O3/c20-16-5-3-13(4-6-16)9-22-18(24)14-8-15(11-21-10-14)19(25)23-12-17-2-1-7-26-17/h1-8,10-11H,9,12H2,(H,22,24)(H,23,25). The van der Waals surface area contributed by atoms with Gasteiger partial charge in [-0.15, -0.1) is 0 Å². The third-order valence-corrected chi connectivity index (χ3v) is 3.88. The van der Waals surface area contributed by atoms with Gasteiger partial charge in [-0.05, 0) is 35.9 Å². The van der Waals surface area contributed by atoms with E-state index in [1.807, 2.05) is 12.1 Å². The largest absolute Gasteiger partial charge is 0.467 e. The Labute approximate surface area is 155 Å². The average Bonchev–Trinajstić information content (AvgIpc) is 3.19. The van der Waals surface area contributed by atoms with Gasteiger partial charge in [-0.3, -0.25) is 14.6 Å². The molecule has 0 atom stereocenters. The van der Waals surface area contributed by atoms with Gasteiger partial charge < -0.3 is 15.1 Å². The summed E-state index contributed by atoms with van der Waals surface area (Å²) in [5, 5.41) is 6.14. The molecule has 6 nitrogen and oxygen atoms in total. The van der Waals surface area contributed by atoms with Crippen LogP contribution in [0.4, 0.5) is 0 Å². The van der Waals surface area contributed by atoms with Gasteiger partial charge in [0, 0.05) is 24.0 Å². The van der Waals surface area contributed by atoms with E-state index in [4.69, 9.17) is 16.0 Å². The van der Waals surface area contributed by atoms with Crippen molar-refractivity contribution < 1.29 is 14.0 Å². The van der Waals surface area contributed by atoms with Gasteiger partial charge in [0.1, 0.15) is 5.76 Å². The molecule has 0 saturated heterocycles. The summed E-state index contributed by atoms with van der Waals surface area (Å²) in [5.74, 6) is -0.00226. The fraction of sp³-hybridized carbons (Fsp3) is 0.105. The van der Waals surface area contributed by atoms with Gasteiger partial charge in [-0.1, -0.05) is 23.7 Å². The lowest BCUT2D eigenvalue weighted by molar-refractivity contribution is 0.0947. The molecule has 0 unspecified atom stereocenters. The van der Waals surface area contributed by atoms with Crippen LogP contribution in [0.1, 0.15) is 32.0 Å². The minimum atomic E-state index is -0.332. The first-order chi connectivity index (χ1) is 12.6. The summed E-state index contributed by atoms with van der Waals surface area (Å²) in [6, 6.07) is 12.2. The predicted octanol–water partition coefficient (Wildman–Crippen LogP) is 3.19. The molecule has 26 heavy (non-hydrogen) atoms. The van der Waals surface area contributed by atoms with E-state index in [0.717, 1.165) is 5.56 Å². The van der Waals surface area contributed by atoms with Crippen molar-refractivity contribution in [2.24, 2.45) is 0 Å². The first-order valence-corrected chi connectivity index (χ1v) is 8.28. The molecule has 0 saturated carbocycles. The summed E-state index contributed by atoms with van der Waals surface area (Å²) < 4.78 is 5.16. The Bertz CT molecular complexity index is 893. The highest BCUT2D eigenvalue weighted by atomic mass is 35.5. The number of aromatic nitrogens is 1. The molecular formula is C19H16ClN3O3. The number of carbonyl (C=O) groups excluding carboxylic acids is 2. The van der Waals surface area contributed by atoms with Crippen molar-refractivity contribution in [3.8, 4) is 0 Å². The number of nitrogens with one attached hydrogen (secondary N) is 2. The van der Waals surface area contributed by atoms with Gasteiger partial charge in [0.25, 0.3) is 11.8 Å². The molecule has 132 valence electrons. The number of carbonyl (C=O) groups is 2. The van der Waals surface area contributed by atoms with Gasteiger partial charge in [0.15, 0.2) is 0 Å². The maximum Gasteiger partial charge on any atom is 0.253 e. The SMILES string of the molecule is O=C(NCc1ccc(Cl)cc1)c1cncc(C(=O)NCc2ccco2)c1. The molecule has 0 aliphatic rings. The number of benzene rings is 1. The lowest BCUT2D eigenvalue weighted by atomic mass is 10.1. The Hall–Kier alpha value is -3.12. The smallest absolute Gasteiger partial charge is 0.253 e. The molecule has 3 aromatic rings. The summed E-state index contributed by atoms with van der Waals surface area (Å²) in [6.45, 7) is 0.615. The Kier molecular flexibility index (Phi) is 5.66. The van der Waals surface area contributed by atoms with Crippen LogP contribution in [-0.2, 0) is 13.1 Å². The van der Waals surface area contributed by atoms with Crippen LogP contribution >= 0.6 is 11.6 Å². The van der Waals surface area contributed by atoms with Crippen LogP contribution in [0.2, 0.25) is 5.02 Å². The molecule has 7 heteroatoms. The molecule has 3 rings (SSSR count). The van der Waals surface area contributed by atoms with Crippen molar-refractivity contribution in [1.82, 2.24) is 15.6 Å². The van der Waals surface area contributed by atoms with E-state index in [1.165, 1.54) is 24.7 Å². The van der Waals surface area contributed by atoms with Crippen LogP contribution < -0.4 is 10.6 Å². The number of pyridine rings is 1. The van der Waals surface area contributed by atoms with E-state index >= 15 is 0 Å². The first kappa shape index (κ1) is 17.7. The molecule has 0 aliphatic carbocycles. The Morgan fingerprint density at radius 3 is 2.23 bits per heavy atom. The van der Waals surface area contributed by atoms with Gasteiger partial charge >= 0.3 is 0 Å². The number of furan rings is 1. The van der Waals surface area contributed by atoms with Gasteiger partial charge in [-0.25, -0.2) is 0 Å². The van der Waals surface area contributed by atoms with E-state index in [0.29, 0.717) is 28.5 Å². The zero-order valence-electron chi connectivity index (χ0n) is 13.7. The van der Waals surface area contributed by atoms with Gasteiger partial charge in [-0.2, -0.15) is 0 Å². The second-order valence-electron chi connectivity index (χ2n) is 5.53. The fourth-order valence-corrected chi connectivity index (χ4v) is 2.38. The third kappa shape index (κ3) is 4.70. The van der Waals surface area contributed by atoms with E-state index in [2.05, 4.69) is 15.6 Å². The number of hydrogen-bond donors (Lipinski definition) is 2. The zero-order chi connectivity index (χ0) is 18.4. The first-order valence-electron chi connectivity index (χ1n) is 7.90. The number of amides is 2. The maximum absolute atomic E-state index is 12.3. The molecule has 0 bridgehead atoms. The van der Waals surface area contributed by atoms with E-state index in [9.17, 15) is 9.59 Å². The lowest BCUT2D eigenvalue weighted by Crippen LogP contribution is -2.25. The monoisotopic (exact) mass is 369 g/mol. The van der Waals surface area contributed by atoms with E-state index in [1.54, 1.807) is 24.3 Å². The van der Waals surface area contributed by atoms with Crippen LogP contribution in [0.15, 0.2) is 65.5 Å². The van der Waals surface area contributed by atoms with Crippen molar-refractivity contribution in [1.29, 1.82) is 0 Å². The quantitative estimate of drug-likeness (QED) is 0.698. The Morgan fingerprint density at radius 1 is 0.962 bits per heavy atom. The van der Waals surface area contributed by atoms with Crippen molar-refractivity contribution in [2.45, 2.75) is 13.1 Å². The van der Waals surface area contributed by atoms with Crippen LogP contribution in [-0.4, -0.2) is 16.8 Å². The fourth-order valence-electron chi connectivity index (χ4n) is 2.26. The van der Waals surface area contributed by atoms with Gasteiger partial charge in [0.05, 0.1) is 23.9 Å². The summed E-state index contributed by atoms with van der Waals surface area (Å²) in [5.41, 5.74) is 1.53. The molecular weight excluding hydrogens is 354 g/mol. The summed E-state index contributed by atoms with van der Waals surface area (Å²) in [7, 11) is 0. The normalized spacial score (nSPS) is 10.3. The second-order valence-corrected chi connectivity index (χ2v) is 5.97. The predicted molar refractivity (Wildman–Crippen MR) is 96.7 cm³/mol. The molecule has 0 spiro atoms. The molecule has 2 aromatic heterocycles. The van der Waals surface area contributed by atoms with E-state index < -0.39 is 0 Å². The second kappa shape index (κ2) is 8.31. The molecule has 0 aliphatic heterocycles. The minimum absolute atomic E-state index is 0.263. The summed E-state index contributed by atoms with van der Waals surface area (Å²) in [4.78, 5) is 28.4. The molecule has 0 fully saturated rings. The molecule has 2 heterocycles. The van der Waals surface area contributed by atoms with Crippen LogP contribution in [0, 0.1) is 0 Å². The van der Waals surface area contributed by atoms with Crippen LogP contribution in [0.3, 0.4) is 0 Å². The number of nitrogens with zero attached hydrogens (tertiary/aromatic N) is 1.